The van der Waals surface area contributed by atoms with Crippen molar-refractivity contribution < 1.29 is 0 Å². The Labute approximate surface area is 134 Å². The first kappa shape index (κ1) is 13.8. The summed E-state index contributed by atoms with van der Waals surface area (Å²) in [6.07, 6.45) is 2.15. The Morgan fingerprint density at radius 1 is 1.18 bits per heavy atom. The number of para-hydroxylation sites is 1. The molecule has 0 amide bonds. The maximum absolute atomic E-state index is 4.60. The van der Waals surface area contributed by atoms with Crippen molar-refractivity contribution in [3.63, 3.8) is 0 Å². The predicted octanol–water partition coefficient (Wildman–Crippen LogP) is 3.26. The molecule has 0 radical (unpaired) electrons. The summed E-state index contributed by atoms with van der Waals surface area (Å²) >= 11 is 1.76. The molecule has 1 N–H and O–H groups in total. The Hall–Kier alpha value is -1.85. The second kappa shape index (κ2) is 5.74. The number of piperazine rings is 1. The second-order valence-electron chi connectivity index (χ2n) is 5.89. The molecule has 1 aromatic carbocycles. The number of nitrogens with zero attached hydrogens (tertiary/aromatic N) is 3. The topological polar surface area (TPSA) is 35.2 Å². The number of rotatable bonds is 3. The lowest BCUT2D eigenvalue weighted by atomic mass is 10.1. The SMILES string of the molecule is Cc1csc(N2CCN(Cc3c[nH]c4ccccc34)CC2)n1. The van der Waals surface area contributed by atoms with Gasteiger partial charge in [0.1, 0.15) is 0 Å². The van der Waals surface area contributed by atoms with Gasteiger partial charge in [-0.2, -0.15) is 0 Å². The second-order valence-corrected chi connectivity index (χ2v) is 6.73. The fourth-order valence-corrected chi connectivity index (χ4v) is 3.94. The summed E-state index contributed by atoms with van der Waals surface area (Å²) < 4.78 is 0. The maximum Gasteiger partial charge on any atom is 0.185 e. The number of anilines is 1. The molecule has 0 saturated carbocycles. The van der Waals surface area contributed by atoms with Crippen LogP contribution in [0.4, 0.5) is 5.13 Å². The van der Waals surface area contributed by atoms with Crippen molar-refractivity contribution in [3.05, 3.63) is 47.1 Å². The molecular formula is C17H20N4S. The molecule has 0 bridgehead atoms. The quantitative estimate of drug-likeness (QED) is 0.806. The van der Waals surface area contributed by atoms with Crippen molar-refractivity contribution >= 4 is 27.4 Å². The van der Waals surface area contributed by atoms with E-state index in [1.165, 1.54) is 21.6 Å². The number of hydrogen-bond donors (Lipinski definition) is 1. The van der Waals surface area contributed by atoms with Crippen LogP contribution in [0.2, 0.25) is 0 Å². The number of aromatic amines is 1. The van der Waals surface area contributed by atoms with Gasteiger partial charge in [0.05, 0.1) is 5.69 Å². The van der Waals surface area contributed by atoms with Crippen molar-refractivity contribution in [2.45, 2.75) is 13.5 Å². The number of thiazole rings is 1. The summed E-state index contributed by atoms with van der Waals surface area (Å²) in [4.78, 5) is 12.9. The van der Waals surface area contributed by atoms with Gasteiger partial charge in [-0.25, -0.2) is 4.98 Å². The van der Waals surface area contributed by atoms with Crippen LogP contribution >= 0.6 is 11.3 Å². The molecule has 0 unspecified atom stereocenters. The standard InChI is InChI=1S/C17H20N4S/c1-13-12-22-17(19-13)21-8-6-20(7-9-21)11-14-10-18-16-5-3-2-4-15(14)16/h2-5,10,12,18H,6-9,11H2,1H3. The van der Waals surface area contributed by atoms with Gasteiger partial charge >= 0.3 is 0 Å². The third-order valence-corrected chi connectivity index (χ3v) is 5.34. The van der Waals surface area contributed by atoms with Crippen molar-refractivity contribution in [3.8, 4) is 0 Å². The highest BCUT2D eigenvalue weighted by Crippen LogP contribution is 2.23. The summed E-state index contributed by atoms with van der Waals surface area (Å²) in [6.45, 7) is 7.41. The molecule has 22 heavy (non-hydrogen) atoms. The van der Waals surface area contributed by atoms with Gasteiger partial charge in [-0.15, -0.1) is 11.3 Å². The van der Waals surface area contributed by atoms with Crippen LogP contribution in [-0.2, 0) is 6.54 Å². The summed E-state index contributed by atoms with van der Waals surface area (Å²) in [7, 11) is 0. The summed E-state index contributed by atoms with van der Waals surface area (Å²) in [6, 6.07) is 8.54. The molecule has 0 spiro atoms. The van der Waals surface area contributed by atoms with Crippen LogP contribution in [0.15, 0.2) is 35.8 Å². The molecule has 3 heterocycles. The lowest BCUT2D eigenvalue weighted by Crippen LogP contribution is -2.45. The average molecular weight is 312 g/mol. The molecule has 1 aliphatic rings. The lowest BCUT2D eigenvalue weighted by molar-refractivity contribution is 0.250. The van der Waals surface area contributed by atoms with Gasteiger partial charge in [-0.3, -0.25) is 4.90 Å². The first-order valence-electron chi connectivity index (χ1n) is 7.74. The van der Waals surface area contributed by atoms with Crippen molar-refractivity contribution in [1.29, 1.82) is 0 Å². The Morgan fingerprint density at radius 3 is 2.77 bits per heavy atom. The first-order valence-corrected chi connectivity index (χ1v) is 8.62. The van der Waals surface area contributed by atoms with Crippen LogP contribution in [0.25, 0.3) is 10.9 Å². The number of aryl methyl sites for hydroxylation is 1. The zero-order valence-corrected chi connectivity index (χ0v) is 13.6. The fourth-order valence-electron chi connectivity index (χ4n) is 3.09. The fraction of sp³-hybridized carbons (Fsp3) is 0.353. The van der Waals surface area contributed by atoms with Gasteiger partial charge in [0, 0.05) is 55.2 Å². The molecule has 1 aliphatic heterocycles. The third-order valence-electron chi connectivity index (χ3n) is 4.32. The highest BCUT2D eigenvalue weighted by atomic mass is 32.1. The normalized spacial score (nSPS) is 16.5. The van der Waals surface area contributed by atoms with Crippen molar-refractivity contribution in [2.75, 3.05) is 31.1 Å². The number of hydrogen-bond acceptors (Lipinski definition) is 4. The maximum atomic E-state index is 4.60. The minimum Gasteiger partial charge on any atom is -0.361 e. The molecule has 2 aromatic heterocycles. The van der Waals surface area contributed by atoms with Crippen LogP contribution in [0.1, 0.15) is 11.3 Å². The van der Waals surface area contributed by atoms with E-state index in [0.717, 1.165) is 38.4 Å². The molecule has 3 aromatic rings. The van der Waals surface area contributed by atoms with Crippen molar-refractivity contribution in [2.24, 2.45) is 0 Å². The smallest absolute Gasteiger partial charge is 0.185 e. The number of aromatic nitrogens is 2. The molecule has 1 fully saturated rings. The predicted molar refractivity (Wildman–Crippen MR) is 92.6 cm³/mol. The van der Waals surface area contributed by atoms with Crippen LogP contribution in [0.3, 0.4) is 0 Å². The number of fused-ring (bicyclic) bond motifs is 1. The van der Waals surface area contributed by atoms with Crippen LogP contribution in [0.5, 0.6) is 0 Å². The van der Waals surface area contributed by atoms with Gasteiger partial charge < -0.3 is 9.88 Å². The van der Waals surface area contributed by atoms with E-state index in [4.69, 9.17) is 0 Å². The average Bonchev–Trinajstić information content (AvgIpc) is 3.15. The van der Waals surface area contributed by atoms with Gasteiger partial charge in [-0.05, 0) is 18.6 Å². The zero-order valence-electron chi connectivity index (χ0n) is 12.7. The molecule has 4 rings (SSSR count). The minimum absolute atomic E-state index is 1.02. The van der Waals surface area contributed by atoms with Gasteiger partial charge in [-0.1, -0.05) is 18.2 Å². The monoisotopic (exact) mass is 312 g/mol. The Balaban J connectivity index is 1.42. The number of benzene rings is 1. The Bertz CT molecular complexity index is 768. The van der Waals surface area contributed by atoms with Crippen molar-refractivity contribution in [1.82, 2.24) is 14.9 Å². The van der Waals surface area contributed by atoms with E-state index in [1.807, 2.05) is 0 Å². The molecule has 1 saturated heterocycles. The molecule has 0 aliphatic carbocycles. The molecule has 4 nitrogen and oxygen atoms in total. The minimum atomic E-state index is 1.02. The Kier molecular flexibility index (Phi) is 3.60. The Morgan fingerprint density at radius 2 is 2.00 bits per heavy atom. The van der Waals surface area contributed by atoms with E-state index in [0.29, 0.717) is 0 Å². The first-order chi connectivity index (χ1) is 10.8. The largest absolute Gasteiger partial charge is 0.361 e. The summed E-state index contributed by atoms with van der Waals surface area (Å²) in [5.74, 6) is 0. The molecule has 114 valence electrons. The van der Waals surface area contributed by atoms with E-state index in [-0.39, 0.29) is 0 Å². The van der Waals surface area contributed by atoms with E-state index in [2.05, 4.69) is 62.5 Å². The summed E-state index contributed by atoms with van der Waals surface area (Å²) in [5.41, 5.74) is 3.75. The van der Waals surface area contributed by atoms with Crippen LogP contribution in [0, 0.1) is 6.92 Å². The summed E-state index contributed by atoms with van der Waals surface area (Å²) in [5, 5.41) is 4.65. The molecule has 0 atom stereocenters. The highest BCUT2D eigenvalue weighted by Gasteiger charge is 2.19. The van der Waals surface area contributed by atoms with E-state index in [1.54, 1.807) is 11.3 Å². The van der Waals surface area contributed by atoms with Crippen LogP contribution in [-0.4, -0.2) is 41.0 Å². The number of nitrogens with one attached hydrogen (secondary N) is 1. The van der Waals surface area contributed by atoms with E-state index < -0.39 is 0 Å². The van der Waals surface area contributed by atoms with E-state index >= 15 is 0 Å². The number of H-pyrrole nitrogens is 1. The van der Waals surface area contributed by atoms with E-state index in [9.17, 15) is 0 Å². The highest BCUT2D eigenvalue weighted by molar-refractivity contribution is 7.13. The lowest BCUT2D eigenvalue weighted by Gasteiger charge is -2.34. The molecular weight excluding hydrogens is 292 g/mol. The van der Waals surface area contributed by atoms with Crippen LogP contribution < -0.4 is 4.90 Å². The van der Waals surface area contributed by atoms with Gasteiger partial charge in [0.2, 0.25) is 0 Å². The third kappa shape index (κ3) is 2.62. The zero-order chi connectivity index (χ0) is 14.9. The van der Waals surface area contributed by atoms with Gasteiger partial charge in [0.25, 0.3) is 0 Å². The molecule has 5 heteroatoms. The van der Waals surface area contributed by atoms with Gasteiger partial charge in [0.15, 0.2) is 5.13 Å².